The zero-order valence-corrected chi connectivity index (χ0v) is 8.07. The minimum absolute atomic E-state index is 0.291. The summed E-state index contributed by atoms with van der Waals surface area (Å²) in [6, 6.07) is 4.31. The fourth-order valence-corrected chi connectivity index (χ4v) is 1.44. The summed E-state index contributed by atoms with van der Waals surface area (Å²) in [4.78, 5) is 0. The van der Waals surface area contributed by atoms with Crippen molar-refractivity contribution in [3.05, 3.63) is 17.4 Å². The second-order valence-corrected chi connectivity index (χ2v) is 3.71. The standard InChI is InChI=1S/C8H8ClN5/c9-8-12-11-7-4-3-6(13-14(7)8)10-5-1-2-5/h3-5H,1-2H2,(H,10,13). The fraction of sp³-hybridized carbons (Fsp3) is 0.375. The van der Waals surface area contributed by atoms with Gasteiger partial charge in [-0.3, -0.25) is 0 Å². The molecular weight excluding hydrogens is 202 g/mol. The number of fused-ring (bicyclic) bond motifs is 1. The molecule has 2 aromatic heterocycles. The molecule has 0 radical (unpaired) electrons. The van der Waals surface area contributed by atoms with Gasteiger partial charge in [-0.05, 0) is 36.6 Å². The third-order valence-corrected chi connectivity index (χ3v) is 2.39. The number of nitrogens with one attached hydrogen (secondary N) is 1. The van der Waals surface area contributed by atoms with Crippen molar-refractivity contribution in [2.24, 2.45) is 0 Å². The minimum Gasteiger partial charge on any atom is -0.366 e. The quantitative estimate of drug-likeness (QED) is 0.811. The molecule has 1 saturated carbocycles. The molecule has 3 rings (SSSR count). The number of aromatic nitrogens is 4. The van der Waals surface area contributed by atoms with Crippen molar-refractivity contribution in [2.45, 2.75) is 18.9 Å². The van der Waals surface area contributed by atoms with Gasteiger partial charge in [-0.25, -0.2) is 0 Å². The third-order valence-electron chi connectivity index (χ3n) is 2.15. The van der Waals surface area contributed by atoms with Gasteiger partial charge in [0.05, 0.1) is 0 Å². The molecule has 0 bridgehead atoms. The molecule has 1 aliphatic rings. The van der Waals surface area contributed by atoms with Crippen molar-refractivity contribution in [2.75, 3.05) is 5.32 Å². The first-order valence-corrected chi connectivity index (χ1v) is 4.85. The van der Waals surface area contributed by atoms with Crippen molar-refractivity contribution in [3.63, 3.8) is 0 Å². The number of hydrogen-bond acceptors (Lipinski definition) is 4. The van der Waals surface area contributed by atoms with E-state index in [1.54, 1.807) is 0 Å². The van der Waals surface area contributed by atoms with Crippen LogP contribution >= 0.6 is 11.6 Å². The van der Waals surface area contributed by atoms with E-state index in [0.29, 0.717) is 17.0 Å². The molecule has 0 aliphatic heterocycles. The lowest BCUT2D eigenvalue weighted by molar-refractivity contribution is 0.917. The molecule has 0 unspecified atom stereocenters. The molecule has 2 heterocycles. The average Bonchev–Trinajstić information content (AvgIpc) is 2.92. The van der Waals surface area contributed by atoms with Crippen LogP contribution in [0.1, 0.15) is 12.8 Å². The summed E-state index contributed by atoms with van der Waals surface area (Å²) in [7, 11) is 0. The molecule has 0 aromatic carbocycles. The van der Waals surface area contributed by atoms with Crippen LogP contribution in [0.3, 0.4) is 0 Å². The van der Waals surface area contributed by atoms with E-state index in [-0.39, 0.29) is 0 Å². The second kappa shape index (κ2) is 2.81. The molecule has 1 aliphatic carbocycles. The van der Waals surface area contributed by atoms with Gasteiger partial charge in [0.15, 0.2) is 5.65 Å². The van der Waals surface area contributed by atoms with Gasteiger partial charge in [-0.15, -0.1) is 15.3 Å². The summed E-state index contributed by atoms with van der Waals surface area (Å²) in [5.41, 5.74) is 0.663. The summed E-state index contributed by atoms with van der Waals surface area (Å²) in [6.45, 7) is 0. The van der Waals surface area contributed by atoms with Crippen molar-refractivity contribution in [1.29, 1.82) is 0 Å². The van der Waals surface area contributed by atoms with Crippen molar-refractivity contribution in [3.8, 4) is 0 Å². The number of halogens is 1. The Morgan fingerprint density at radius 1 is 1.36 bits per heavy atom. The van der Waals surface area contributed by atoms with Crippen molar-refractivity contribution >= 4 is 23.1 Å². The summed E-state index contributed by atoms with van der Waals surface area (Å²) in [5.74, 6) is 0.821. The topological polar surface area (TPSA) is 55.1 Å². The first kappa shape index (κ1) is 7.99. The molecule has 5 nitrogen and oxygen atoms in total. The smallest absolute Gasteiger partial charge is 0.246 e. The van der Waals surface area contributed by atoms with Gasteiger partial charge in [0.1, 0.15) is 5.82 Å². The van der Waals surface area contributed by atoms with Gasteiger partial charge in [0.25, 0.3) is 0 Å². The normalized spacial score (nSPS) is 16.1. The van der Waals surface area contributed by atoms with Crippen molar-refractivity contribution in [1.82, 2.24) is 19.8 Å². The molecule has 0 saturated heterocycles. The molecule has 0 amide bonds. The van der Waals surface area contributed by atoms with Gasteiger partial charge >= 0.3 is 0 Å². The minimum atomic E-state index is 0.291. The summed E-state index contributed by atoms with van der Waals surface area (Å²) >= 11 is 5.80. The maximum atomic E-state index is 5.80. The zero-order valence-electron chi connectivity index (χ0n) is 7.31. The number of nitrogens with zero attached hydrogens (tertiary/aromatic N) is 4. The maximum Gasteiger partial charge on any atom is 0.246 e. The highest BCUT2D eigenvalue weighted by atomic mass is 35.5. The van der Waals surface area contributed by atoms with Crippen LogP contribution < -0.4 is 5.32 Å². The van der Waals surface area contributed by atoms with E-state index < -0.39 is 0 Å². The van der Waals surface area contributed by atoms with Crippen LogP contribution in [0.4, 0.5) is 5.82 Å². The highest BCUT2D eigenvalue weighted by Gasteiger charge is 2.21. The predicted molar refractivity (Wildman–Crippen MR) is 52.4 cm³/mol. The Labute approximate surface area is 85.1 Å². The van der Waals surface area contributed by atoms with Crippen LogP contribution in [-0.2, 0) is 0 Å². The Morgan fingerprint density at radius 3 is 3.00 bits per heavy atom. The molecule has 14 heavy (non-hydrogen) atoms. The molecule has 72 valence electrons. The van der Waals surface area contributed by atoms with E-state index in [0.717, 1.165) is 5.82 Å². The Morgan fingerprint density at radius 2 is 2.21 bits per heavy atom. The van der Waals surface area contributed by atoms with Gasteiger partial charge in [0.2, 0.25) is 5.28 Å². The molecular formula is C8H8ClN5. The molecule has 2 aromatic rings. The monoisotopic (exact) mass is 209 g/mol. The van der Waals surface area contributed by atoms with Crippen LogP contribution in [0.15, 0.2) is 12.1 Å². The van der Waals surface area contributed by atoms with Crippen LogP contribution in [0.25, 0.3) is 5.65 Å². The SMILES string of the molecule is Clc1nnc2ccc(NC3CC3)nn12. The maximum absolute atomic E-state index is 5.80. The van der Waals surface area contributed by atoms with Gasteiger partial charge in [0, 0.05) is 6.04 Å². The zero-order chi connectivity index (χ0) is 9.54. The Balaban J connectivity index is 2.03. The lowest BCUT2D eigenvalue weighted by Gasteiger charge is -2.02. The van der Waals surface area contributed by atoms with E-state index in [1.165, 1.54) is 17.4 Å². The first-order valence-electron chi connectivity index (χ1n) is 4.47. The highest BCUT2D eigenvalue weighted by Crippen LogP contribution is 2.23. The largest absolute Gasteiger partial charge is 0.366 e. The number of hydrogen-bond donors (Lipinski definition) is 1. The molecule has 0 atom stereocenters. The molecule has 1 N–H and O–H groups in total. The third kappa shape index (κ3) is 1.29. The number of anilines is 1. The lowest BCUT2D eigenvalue weighted by Crippen LogP contribution is -2.05. The van der Waals surface area contributed by atoms with Crippen LogP contribution in [-0.4, -0.2) is 25.9 Å². The fourth-order valence-electron chi connectivity index (χ4n) is 1.28. The second-order valence-electron chi connectivity index (χ2n) is 3.38. The average molecular weight is 210 g/mol. The van der Waals surface area contributed by atoms with Crippen molar-refractivity contribution < 1.29 is 0 Å². The van der Waals surface area contributed by atoms with Gasteiger partial charge in [-0.2, -0.15) is 4.52 Å². The van der Waals surface area contributed by atoms with Gasteiger partial charge in [-0.1, -0.05) is 0 Å². The molecule has 1 fully saturated rings. The van der Waals surface area contributed by atoms with E-state index in [2.05, 4.69) is 20.6 Å². The molecule has 6 heteroatoms. The van der Waals surface area contributed by atoms with E-state index in [4.69, 9.17) is 11.6 Å². The van der Waals surface area contributed by atoms with Crippen LogP contribution in [0.2, 0.25) is 5.28 Å². The lowest BCUT2D eigenvalue weighted by atomic mass is 10.5. The predicted octanol–water partition coefficient (Wildman–Crippen LogP) is 1.35. The highest BCUT2D eigenvalue weighted by molar-refractivity contribution is 6.28. The first-order chi connectivity index (χ1) is 6.83. The van der Waals surface area contributed by atoms with E-state index in [9.17, 15) is 0 Å². The van der Waals surface area contributed by atoms with Crippen LogP contribution in [0, 0.1) is 0 Å². The number of rotatable bonds is 2. The summed E-state index contributed by atoms with van der Waals surface area (Å²) < 4.78 is 1.52. The summed E-state index contributed by atoms with van der Waals surface area (Å²) in [6.07, 6.45) is 2.44. The molecule has 0 spiro atoms. The van der Waals surface area contributed by atoms with E-state index in [1.807, 2.05) is 12.1 Å². The Hall–Kier alpha value is -1.36. The van der Waals surface area contributed by atoms with Crippen LogP contribution in [0.5, 0.6) is 0 Å². The Bertz CT molecular complexity index is 476. The van der Waals surface area contributed by atoms with Gasteiger partial charge < -0.3 is 5.32 Å². The summed E-state index contributed by atoms with van der Waals surface area (Å²) in [5, 5.41) is 15.4. The Kier molecular flexibility index (Phi) is 1.61. The van der Waals surface area contributed by atoms with E-state index >= 15 is 0 Å².